The monoisotopic (exact) mass is 252 g/mol. The first-order valence-electron chi connectivity index (χ1n) is 7.82. The highest BCUT2D eigenvalue weighted by Gasteiger charge is 2.33. The Morgan fingerprint density at radius 1 is 1.17 bits per heavy atom. The van der Waals surface area contributed by atoms with Gasteiger partial charge >= 0.3 is 0 Å². The summed E-state index contributed by atoms with van der Waals surface area (Å²) < 4.78 is 0. The molecule has 0 radical (unpaired) electrons. The molecule has 2 fully saturated rings. The summed E-state index contributed by atoms with van der Waals surface area (Å²) in [6.45, 7) is 10.7. The van der Waals surface area contributed by atoms with Crippen LogP contribution >= 0.6 is 0 Å². The lowest BCUT2D eigenvalue weighted by Gasteiger charge is -2.37. The molecule has 106 valence electrons. The maximum Gasteiger partial charge on any atom is 0.0112 e. The molecule has 0 aromatic carbocycles. The van der Waals surface area contributed by atoms with E-state index in [-0.39, 0.29) is 0 Å². The van der Waals surface area contributed by atoms with Crippen LogP contribution in [0.25, 0.3) is 0 Å². The Bertz CT molecular complexity index is 255. The molecule has 2 aliphatic heterocycles. The fourth-order valence-corrected chi connectivity index (χ4v) is 3.65. The van der Waals surface area contributed by atoms with Crippen molar-refractivity contribution in [2.24, 2.45) is 11.3 Å². The van der Waals surface area contributed by atoms with Gasteiger partial charge in [0.25, 0.3) is 0 Å². The standard InChI is InChI=1S/C16H32N2/c1-12(16(2,3)4)18(5)9-8-13-10-14-6-7-15(11-13)17-14/h12-15,17H,6-11H2,1-5H3. The Morgan fingerprint density at radius 3 is 2.22 bits per heavy atom. The van der Waals surface area contributed by atoms with E-state index < -0.39 is 0 Å². The van der Waals surface area contributed by atoms with E-state index in [1.807, 2.05) is 0 Å². The smallest absolute Gasteiger partial charge is 0.0112 e. The van der Waals surface area contributed by atoms with Crippen molar-refractivity contribution in [3.8, 4) is 0 Å². The van der Waals surface area contributed by atoms with Crippen molar-refractivity contribution in [3.63, 3.8) is 0 Å². The van der Waals surface area contributed by atoms with Gasteiger partial charge in [0.1, 0.15) is 0 Å². The van der Waals surface area contributed by atoms with Gasteiger partial charge in [-0.25, -0.2) is 0 Å². The number of fused-ring (bicyclic) bond motifs is 2. The second-order valence-corrected chi connectivity index (χ2v) is 7.79. The first-order valence-corrected chi connectivity index (χ1v) is 7.82. The average molecular weight is 252 g/mol. The number of nitrogens with one attached hydrogen (secondary N) is 1. The van der Waals surface area contributed by atoms with Crippen molar-refractivity contribution in [3.05, 3.63) is 0 Å². The van der Waals surface area contributed by atoms with Crippen molar-refractivity contribution < 1.29 is 0 Å². The van der Waals surface area contributed by atoms with Crippen LogP contribution in [0.5, 0.6) is 0 Å². The molecule has 0 spiro atoms. The highest BCUT2D eigenvalue weighted by molar-refractivity contribution is 4.92. The van der Waals surface area contributed by atoms with Crippen molar-refractivity contribution >= 4 is 0 Å². The molecular formula is C16H32N2. The number of rotatable bonds is 4. The van der Waals surface area contributed by atoms with Gasteiger partial charge in [-0.05, 0) is 64.0 Å². The molecule has 0 amide bonds. The van der Waals surface area contributed by atoms with Gasteiger partial charge in [-0.2, -0.15) is 0 Å². The fraction of sp³-hybridized carbons (Fsp3) is 1.00. The van der Waals surface area contributed by atoms with Crippen LogP contribution in [0.15, 0.2) is 0 Å². The van der Waals surface area contributed by atoms with Gasteiger partial charge in [-0.3, -0.25) is 0 Å². The minimum atomic E-state index is 0.391. The predicted molar refractivity (Wildman–Crippen MR) is 78.8 cm³/mol. The third-order valence-electron chi connectivity index (χ3n) is 5.38. The molecule has 2 heteroatoms. The Balaban J connectivity index is 1.74. The molecule has 0 aliphatic carbocycles. The molecule has 3 atom stereocenters. The Kier molecular flexibility index (Phi) is 4.38. The zero-order valence-electron chi connectivity index (χ0n) is 13.0. The third-order valence-corrected chi connectivity index (χ3v) is 5.38. The lowest BCUT2D eigenvalue weighted by molar-refractivity contribution is 0.128. The maximum atomic E-state index is 3.74. The lowest BCUT2D eigenvalue weighted by Crippen LogP contribution is -2.42. The summed E-state index contributed by atoms with van der Waals surface area (Å²) in [5.74, 6) is 0.971. The zero-order valence-corrected chi connectivity index (χ0v) is 13.0. The first kappa shape index (κ1) is 14.3. The highest BCUT2D eigenvalue weighted by Crippen LogP contribution is 2.33. The predicted octanol–water partition coefficient (Wildman–Crippen LogP) is 3.27. The minimum Gasteiger partial charge on any atom is -0.311 e. The van der Waals surface area contributed by atoms with Crippen LogP contribution in [0.4, 0.5) is 0 Å². The lowest BCUT2D eigenvalue weighted by atomic mass is 9.86. The van der Waals surface area contributed by atoms with Gasteiger partial charge < -0.3 is 10.2 Å². The van der Waals surface area contributed by atoms with Crippen LogP contribution in [0.2, 0.25) is 0 Å². The largest absolute Gasteiger partial charge is 0.311 e. The summed E-state index contributed by atoms with van der Waals surface area (Å²) in [4.78, 5) is 2.56. The van der Waals surface area contributed by atoms with Crippen LogP contribution in [-0.4, -0.2) is 36.6 Å². The quantitative estimate of drug-likeness (QED) is 0.826. The third kappa shape index (κ3) is 3.48. The zero-order chi connectivity index (χ0) is 13.3. The molecule has 0 aromatic rings. The van der Waals surface area contributed by atoms with Crippen LogP contribution in [-0.2, 0) is 0 Å². The molecule has 0 aromatic heterocycles. The molecule has 0 saturated carbocycles. The molecule has 3 unspecified atom stereocenters. The van der Waals surface area contributed by atoms with Crippen LogP contribution in [0, 0.1) is 11.3 Å². The first-order chi connectivity index (χ1) is 8.36. The summed E-state index contributed by atoms with van der Waals surface area (Å²) in [6.07, 6.45) is 7.10. The van der Waals surface area contributed by atoms with Crippen molar-refractivity contribution in [2.75, 3.05) is 13.6 Å². The molecule has 2 rings (SSSR count). The summed E-state index contributed by atoms with van der Waals surface area (Å²) >= 11 is 0. The minimum absolute atomic E-state index is 0.391. The second-order valence-electron chi connectivity index (χ2n) is 7.79. The second kappa shape index (κ2) is 5.50. The molecule has 2 nitrogen and oxygen atoms in total. The van der Waals surface area contributed by atoms with E-state index in [4.69, 9.17) is 0 Å². The van der Waals surface area contributed by atoms with Gasteiger partial charge in [0.2, 0.25) is 0 Å². The molecule has 2 saturated heterocycles. The highest BCUT2D eigenvalue weighted by atomic mass is 15.1. The maximum absolute atomic E-state index is 3.74. The average Bonchev–Trinajstić information content (AvgIpc) is 2.63. The number of nitrogens with zero attached hydrogens (tertiary/aromatic N) is 1. The van der Waals surface area contributed by atoms with Crippen LogP contribution in [0.1, 0.15) is 59.8 Å². The van der Waals surface area contributed by atoms with E-state index in [0.717, 1.165) is 18.0 Å². The van der Waals surface area contributed by atoms with Gasteiger partial charge in [0.15, 0.2) is 0 Å². The Hall–Kier alpha value is -0.0800. The molecule has 2 bridgehead atoms. The number of piperidine rings is 1. The topological polar surface area (TPSA) is 15.3 Å². The van der Waals surface area contributed by atoms with Crippen molar-refractivity contribution in [2.45, 2.75) is 77.9 Å². The van der Waals surface area contributed by atoms with E-state index in [2.05, 4.69) is 45.0 Å². The molecular weight excluding hydrogens is 220 g/mol. The SMILES string of the molecule is CC(N(C)CCC1CC2CCC(C1)N2)C(C)(C)C. The number of hydrogen-bond acceptors (Lipinski definition) is 2. The summed E-state index contributed by atoms with van der Waals surface area (Å²) in [5, 5.41) is 3.74. The van der Waals surface area contributed by atoms with E-state index in [0.29, 0.717) is 11.5 Å². The van der Waals surface area contributed by atoms with Gasteiger partial charge in [-0.1, -0.05) is 20.8 Å². The normalized spacial score (nSPS) is 34.0. The van der Waals surface area contributed by atoms with Crippen molar-refractivity contribution in [1.29, 1.82) is 0 Å². The molecule has 2 aliphatic rings. The molecule has 2 heterocycles. The number of hydrogen-bond donors (Lipinski definition) is 1. The summed E-state index contributed by atoms with van der Waals surface area (Å²) in [6, 6.07) is 2.36. The van der Waals surface area contributed by atoms with Gasteiger partial charge in [0.05, 0.1) is 0 Å². The van der Waals surface area contributed by atoms with Crippen LogP contribution < -0.4 is 5.32 Å². The Morgan fingerprint density at radius 2 is 1.72 bits per heavy atom. The summed E-state index contributed by atoms with van der Waals surface area (Å²) in [7, 11) is 2.30. The van der Waals surface area contributed by atoms with E-state index in [9.17, 15) is 0 Å². The van der Waals surface area contributed by atoms with Crippen LogP contribution in [0.3, 0.4) is 0 Å². The fourth-order valence-electron chi connectivity index (χ4n) is 3.65. The molecule has 18 heavy (non-hydrogen) atoms. The van der Waals surface area contributed by atoms with Gasteiger partial charge in [0, 0.05) is 18.1 Å². The molecule has 1 N–H and O–H groups in total. The van der Waals surface area contributed by atoms with E-state index in [1.54, 1.807) is 0 Å². The van der Waals surface area contributed by atoms with Gasteiger partial charge in [-0.15, -0.1) is 0 Å². The van der Waals surface area contributed by atoms with E-state index in [1.165, 1.54) is 38.6 Å². The summed E-state index contributed by atoms with van der Waals surface area (Å²) in [5.41, 5.74) is 0.391. The van der Waals surface area contributed by atoms with Crippen molar-refractivity contribution in [1.82, 2.24) is 10.2 Å². The van der Waals surface area contributed by atoms with E-state index >= 15 is 0 Å². The Labute approximate surface area is 114 Å².